The molecule has 0 bridgehead atoms. The number of rotatable bonds is 4. The van der Waals surface area contributed by atoms with Crippen LogP contribution in [0.5, 0.6) is 0 Å². The normalized spacial score (nSPS) is 22.5. The summed E-state index contributed by atoms with van der Waals surface area (Å²) < 4.78 is 1.83. The fourth-order valence-electron chi connectivity index (χ4n) is 3.14. The maximum Gasteiger partial charge on any atom is 0.223 e. The number of amides is 1. The Morgan fingerprint density at radius 2 is 2.30 bits per heavy atom. The second-order valence-electron chi connectivity index (χ2n) is 6.35. The molecular formula is C18H24N4O. The van der Waals surface area contributed by atoms with Crippen molar-refractivity contribution in [3.63, 3.8) is 0 Å². The predicted molar refractivity (Wildman–Crippen MR) is 90.3 cm³/mol. The van der Waals surface area contributed by atoms with Gasteiger partial charge >= 0.3 is 0 Å². The predicted octanol–water partition coefficient (Wildman–Crippen LogP) is 2.44. The van der Waals surface area contributed by atoms with Crippen LogP contribution >= 0.6 is 0 Å². The first-order valence-electron chi connectivity index (χ1n) is 8.27. The summed E-state index contributed by atoms with van der Waals surface area (Å²) in [5, 5.41) is 10.8. The van der Waals surface area contributed by atoms with Gasteiger partial charge in [-0.3, -0.25) is 4.79 Å². The zero-order chi connectivity index (χ0) is 16.2. The molecule has 1 saturated heterocycles. The molecule has 1 amide bonds. The van der Waals surface area contributed by atoms with Gasteiger partial charge in [0.25, 0.3) is 0 Å². The van der Waals surface area contributed by atoms with Crippen LogP contribution in [0.15, 0.2) is 42.7 Å². The molecule has 0 saturated carbocycles. The lowest BCUT2D eigenvalue weighted by molar-refractivity contribution is -0.126. The highest BCUT2D eigenvalue weighted by Gasteiger charge is 2.25. The summed E-state index contributed by atoms with van der Waals surface area (Å²) in [6.07, 6.45) is 5.50. The molecule has 2 N–H and O–H groups in total. The quantitative estimate of drug-likeness (QED) is 0.911. The van der Waals surface area contributed by atoms with Gasteiger partial charge in [0, 0.05) is 24.4 Å². The Hall–Kier alpha value is -2.14. The van der Waals surface area contributed by atoms with Crippen molar-refractivity contribution in [3.8, 4) is 5.69 Å². The zero-order valence-corrected chi connectivity index (χ0v) is 13.7. The van der Waals surface area contributed by atoms with Crippen molar-refractivity contribution in [3.05, 3.63) is 48.3 Å². The van der Waals surface area contributed by atoms with E-state index in [1.165, 1.54) is 0 Å². The average Bonchev–Trinajstić information content (AvgIpc) is 3.09. The summed E-state index contributed by atoms with van der Waals surface area (Å²) in [6, 6.07) is 10.4. The van der Waals surface area contributed by atoms with E-state index in [1.54, 1.807) is 6.20 Å². The summed E-state index contributed by atoms with van der Waals surface area (Å²) in [5.74, 6) is 0.276. The van der Waals surface area contributed by atoms with Gasteiger partial charge in [0.1, 0.15) is 0 Å². The van der Waals surface area contributed by atoms with Crippen LogP contribution in [-0.4, -0.2) is 28.3 Å². The van der Waals surface area contributed by atoms with Crippen LogP contribution in [0.2, 0.25) is 0 Å². The van der Waals surface area contributed by atoms with E-state index in [4.69, 9.17) is 0 Å². The molecule has 0 radical (unpaired) electrons. The van der Waals surface area contributed by atoms with Gasteiger partial charge in [0.05, 0.1) is 11.7 Å². The minimum absolute atomic E-state index is 0.0109. The molecule has 23 heavy (non-hydrogen) atoms. The van der Waals surface area contributed by atoms with Crippen LogP contribution < -0.4 is 10.6 Å². The van der Waals surface area contributed by atoms with Crippen molar-refractivity contribution in [1.82, 2.24) is 20.4 Å². The summed E-state index contributed by atoms with van der Waals surface area (Å²) in [6.45, 7) is 5.09. The van der Waals surface area contributed by atoms with Gasteiger partial charge in [-0.1, -0.05) is 12.1 Å². The Bertz CT molecular complexity index is 653. The second-order valence-corrected chi connectivity index (χ2v) is 6.35. The molecule has 1 aromatic carbocycles. The van der Waals surface area contributed by atoms with Crippen molar-refractivity contribution in [1.29, 1.82) is 0 Å². The first-order chi connectivity index (χ1) is 11.1. The standard InChI is InChI=1S/C18H24N4O/c1-13-11-16(7-9-19-13)18(23)21-14(2)15-5-3-6-17(12-15)22-10-4-8-20-22/h3-6,8,10,12-14,16,19H,7,9,11H2,1-2H3,(H,21,23)/t13-,14?,16-/m0/s1. The molecule has 3 rings (SSSR count). The molecule has 5 heteroatoms. The highest BCUT2D eigenvalue weighted by Crippen LogP contribution is 2.20. The number of nitrogens with zero attached hydrogens (tertiary/aromatic N) is 2. The number of piperidine rings is 1. The van der Waals surface area contributed by atoms with E-state index in [0.29, 0.717) is 6.04 Å². The van der Waals surface area contributed by atoms with E-state index < -0.39 is 0 Å². The number of carbonyl (C=O) groups is 1. The Morgan fingerprint density at radius 3 is 3.04 bits per heavy atom. The lowest BCUT2D eigenvalue weighted by atomic mass is 9.92. The molecular weight excluding hydrogens is 288 g/mol. The molecule has 1 aliphatic rings. The zero-order valence-electron chi connectivity index (χ0n) is 13.7. The van der Waals surface area contributed by atoms with Crippen LogP contribution in [0.3, 0.4) is 0 Å². The number of nitrogens with one attached hydrogen (secondary N) is 2. The summed E-state index contributed by atoms with van der Waals surface area (Å²) in [7, 11) is 0. The molecule has 1 unspecified atom stereocenters. The number of carbonyl (C=O) groups excluding carboxylic acids is 1. The van der Waals surface area contributed by atoms with Gasteiger partial charge < -0.3 is 10.6 Å². The van der Waals surface area contributed by atoms with Crippen molar-refractivity contribution in [2.75, 3.05) is 6.54 Å². The lowest BCUT2D eigenvalue weighted by Crippen LogP contribution is -2.42. The Labute approximate surface area is 137 Å². The molecule has 1 fully saturated rings. The second kappa shape index (κ2) is 6.96. The van der Waals surface area contributed by atoms with Crippen LogP contribution in [0.1, 0.15) is 38.3 Å². The summed E-state index contributed by atoms with van der Waals surface area (Å²) in [5.41, 5.74) is 2.09. The third kappa shape index (κ3) is 3.79. The van der Waals surface area contributed by atoms with Gasteiger partial charge in [-0.25, -0.2) is 4.68 Å². The highest BCUT2D eigenvalue weighted by atomic mass is 16.1. The molecule has 0 spiro atoms. The van der Waals surface area contributed by atoms with Crippen molar-refractivity contribution in [2.24, 2.45) is 5.92 Å². The monoisotopic (exact) mass is 312 g/mol. The molecule has 5 nitrogen and oxygen atoms in total. The van der Waals surface area contributed by atoms with E-state index in [2.05, 4.69) is 28.7 Å². The largest absolute Gasteiger partial charge is 0.349 e. The molecule has 3 atom stereocenters. The summed E-state index contributed by atoms with van der Waals surface area (Å²) >= 11 is 0. The lowest BCUT2D eigenvalue weighted by Gasteiger charge is -2.28. The number of hydrogen-bond donors (Lipinski definition) is 2. The van der Waals surface area contributed by atoms with Gasteiger partial charge in [0.15, 0.2) is 0 Å². The molecule has 122 valence electrons. The first-order valence-corrected chi connectivity index (χ1v) is 8.27. The minimum atomic E-state index is -0.0109. The third-order valence-electron chi connectivity index (χ3n) is 4.49. The van der Waals surface area contributed by atoms with E-state index in [9.17, 15) is 4.79 Å². The smallest absolute Gasteiger partial charge is 0.223 e. The van der Waals surface area contributed by atoms with Gasteiger partial charge in [-0.15, -0.1) is 0 Å². The Kier molecular flexibility index (Phi) is 4.76. The van der Waals surface area contributed by atoms with E-state index in [0.717, 1.165) is 30.6 Å². The number of aromatic nitrogens is 2. The SMILES string of the molecule is CC(NC(=O)[C@H]1CCN[C@@H](C)C1)c1cccc(-n2cccn2)c1. The molecule has 2 heterocycles. The topological polar surface area (TPSA) is 59.0 Å². The number of benzene rings is 1. The number of hydrogen-bond acceptors (Lipinski definition) is 3. The van der Waals surface area contributed by atoms with Crippen molar-refractivity contribution in [2.45, 2.75) is 38.8 Å². The molecule has 1 aromatic heterocycles. The fraction of sp³-hybridized carbons (Fsp3) is 0.444. The minimum Gasteiger partial charge on any atom is -0.349 e. The van der Waals surface area contributed by atoms with Crippen molar-refractivity contribution < 1.29 is 4.79 Å². The maximum absolute atomic E-state index is 12.5. The molecule has 0 aliphatic carbocycles. The van der Waals surface area contributed by atoms with Crippen LogP contribution in [0.25, 0.3) is 5.69 Å². The van der Waals surface area contributed by atoms with Crippen LogP contribution in [0, 0.1) is 5.92 Å². The molecule has 2 aromatic rings. The van der Waals surface area contributed by atoms with E-state index >= 15 is 0 Å². The average molecular weight is 312 g/mol. The van der Waals surface area contributed by atoms with Crippen molar-refractivity contribution >= 4 is 5.91 Å². The van der Waals surface area contributed by atoms with E-state index in [1.807, 2.05) is 42.1 Å². The van der Waals surface area contributed by atoms with Gasteiger partial charge in [0.2, 0.25) is 5.91 Å². The fourth-order valence-corrected chi connectivity index (χ4v) is 3.14. The highest BCUT2D eigenvalue weighted by molar-refractivity contribution is 5.79. The molecule has 1 aliphatic heterocycles. The van der Waals surface area contributed by atoms with Gasteiger partial charge in [-0.2, -0.15) is 5.10 Å². The Balaban J connectivity index is 1.67. The first kappa shape index (κ1) is 15.7. The van der Waals surface area contributed by atoms with Crippen LogP contribution in [-0.2, 0) is 4.79 Å². The van der Waals surface area contributed by atoms with Gasteiger partial charge in [-0.05, 0) is 57.0 Å². The van der Waals surface area contributed by atoms with Crippen LogP contribution in [0.4, 0.5) is 0 Å². The maximum atomic E-state index is 12.5. The van der Waals surface area contributed by atoms with E-state index in [-0.39, 0.29) is 17.9 Å². The Morgan fingerprint density at radius 1 is 1.43 bits per heavy atom. The third-order valence-corrected chi connectivity index (χ3v) is 4.49. The summed E-state index contributed by atoms with van der Waals surface area (Å²) in [4.78, 5) is 12.5.